The Morgan fingerprint density at radius 1 is 1.07 bits per heavy atom. The Balaban J connectivity index is 0. The summed E-state index contributed by atoms with van der Waals surface area (Å²) in [6.45, 7) is -0.843. The minimum atomic E-state index is -2.20. The summed E-state index contributed by atoms with van der Waals surface area (Å²) in [4.78, 5) is 10.1. The molecule has 4 atom stereocenters. The van der Waals surface area contributed by atoms with Crippen LogP contribution in [-0.4, -0.2) is 84.7 Å². The van der Waals surface area contributed by atoms with Crippen LogP contribution in [0.15, 0.2) is 0 Å². The van der Waals surface area contributed by atoms with Crippen LogP contribution < -0.4 is 0 Å². The molecule has 0 aromatic carbocycles. The molecule has 0 heterocycles. The van der Waals surface area contributed by atoms with Gasteiger partial charge >= 0.3 is 23.0 Å². The Morgan fingerprint density at radius 3 is 1.79 bits per heavy atom. The fraction of sp³-hybridized carbons (Fsp3) is 0.833. The average molecular weight is 277 g/mol. The second-order valence-electron chi connectivity index (χ2n) is 2.51. The van der Waals surface area contributed by atoms with Crippen molar-refractivity contribution < 1.29 is 35.4 Å². The van der Waals surface area contributed by atoms with Crippen LogP contribution in [0.25, 0.3) is 0 Å². The van der Waals surface area contributed by atoms with Gasteiger partial charge in [-0.2, -0.15) is 0 Å². The van der Waals surface area contributed by atoms with Gasteiger partial charge in [-0.25, -0.2) is 4.79 Å². The molecule has 8 heteroatoms. The first kappa shape index (κ1) is 16.2. The van der Waals surface area contributed by atoms with E-state index in [-0.39, 0.29) is 17.1 Å². The average Bonchev–Trinajstić information content (AvgIpc) is 2.12. The summed E-state index contributed by atoms with van der Waals surface area (Å²) in [5, 5.41) is 51.8. The Labute approximate surface area is 90.1 Å². The van der Waals surface area contributed by atoms with E-state index >= 15 is 0 Å². The summed E-state index contributed by atoms with van der Waals surface area (Å²) < 4.78 is 0. The van der Waals surface area contributed by atoms with Crippen molar-refractivity contribution in [3.8, 4) is 0 Å². The third kappa shape index (κ3) is 4.34. The fourth-order valence-corrected chi connectivity index (χ4v) is 0.668. The molecular formula is C6H14O7Se. The molecule has 7 nitrogen and oxygen atoms in total. The molecule has 0 spiro atoms. The Hall–Kier alpha value is -0.211. The van der Waals surface area contributed by atoms with Crippen molar-refractivity contribution in [3.05, 3.63) is 0 Å². The molecule has 0 aliphatic heterocycles. The van der Waals surface area contributed by atoms with Crippen LogP contribution in [0.4, 0.5) is 0 Å². The number of aliphatic hydroxyl groups excluding tert-OH is 5. The van der Waals surface area contributed by atoms with Crippen molar-refractivity contribution in [1.82, 2.24) is 0 Å². The van der Waals surface area contributed by atoms with Gasteiger partial charge in [0.05, 0.1) is 6.61 Å². The number of aliphatic hydroxyl groups is 5. The number of aliphatic carboxylic acids is 1. The van der Waals surface area contributed by atoms with Gasteiger partial charge < -0.3 is 30.6 Å². The molecule has 0 radical (unpaired) electrons. The van der Waals surface area contributed by atoms with Crippen LogP contribution >= 0.6 is 0 Å². The number of carboxylic acids is 1. The van der Waals surface area contributed by atoms with Gasteiger partial charge in [-0.1, -0.05) is 0 Å². The predicted octanol–water partition coefficient (Wildman–Crippen LogP) is -4.41. The first-order chi connectivity index (χ1) is 5.91. The fourth-order valence-electron chi connectivity index (χ4n) is 0.668. The van der Waals surface area contributed by atoms with Gasteiger partial charge in [-0.15, -0.1) is 0 Å². The standard InChI is InChI=1S/C6H12O7.H2Se/c7-1-2(8)3(9)4(10)5(11)6(12)13;/h2-5,7-11H,1H2,(H,12,13);1H2. The van der Waals surface area contributed by atoms with E-state index in [0.717, 1.165) is 0 Å². The third-order valence-electron chi connectivity index (χ3n) is 1.51. The summed E-state index contributed by atoms with van der Waals surface area (Å²) in [7, 11) is 0. The van der Waals surface area contributed by atoms with Crippen molar-refractivity contribution in [2.45, 2.75) is 24.4 Å². The molecule has 0 rings (SSSR count). The van der Waals surface area contributed by atoms with Crippen LogP contribution in [-0.2, 0) is 4.79 Å². The van der Waals surface area contributed by atoms with Gasteiger partial charge in [0.15, 0.2) is 6.10 Å². The molecule has 0 aliphatic rings. The van der Waals surface area contributed by atoms with Gasteiger partial charge in [0.25, 0.3) is 0 Å². The Bertz CT molecular complexity index is 176. The van der Waals surface area contributed by atoms with Gasteiger partial charge in [0.1, 0.15) is 18.3 Å². The van der Waals surface area contributed by atoms with Crippen molar-refractivity contribution in [2.24, 2.45) is 0 Å². The van der Waals surface area contributed by atoms with Crippen molar-refractivity contribution >= 4 is 23.0 Å². The summed E-state index contributed by atoms with van der Waals surface area (Å²) in [6.07, 6.45) is -7.84. The number of hydrogen-bond acceptors (Lipinski definition) is 6. The molecule has 0 saturated heterocycles. The van der Waals surface area contributed by atoms with Crippen LogP contribution in [0, 0.1) is 0 Å². The first-order valence-corrected chi connectivity index (χ1v) is 3.47. The monoisotopic (exact) mass is 278 g/mol. The molecule has 0 amide bonds. The van der Waals surface area contributed by atoms with Crippen LogP contribution in [0.3, 0.4) is 0 Å². The predicted molar refractivity (Wildman–Crippen MR) is 47.3 cm³/mol. The summed E-state index contributed by atoms with van der Waals surface area (Å²) in [5.41, 5.74) is 0. The normalized spacial score (nSPS) is 18.9. The number of rotatable bonds is 5. The van der Waals surface area contributed by atoms with E-state index in [4.69, 9.17) is 30.6 Å². The molecule has 0 fully saturated rings. The molecule has 0 aromatic heterocycles. The zero-order valence-electron chi connectivity index (χ0n) is 7.11. The Kier molecular flexibility index (Phi) is 8.27. The molecular weight excluding hydrogens is 263 g/mol. The van der Waals surface area contributed by atoms with Crippen molar-refractivity contribution in [1.29, 1.82) is 0 Å². The number of hydrogen-bond donors (Lipinski definition) is 6. The third-order valence-corrected chi connectivity index (χ3v) is 1.51. The van der Waals surface area contributed by atoms with E-state index < -0.39 is 37.0 Å². The summed E-state index contributed by atoms with van der Waals surface area (Å²) in [5.74, 6) is -1.73. The maximum absolute atomic E-state index is 10.1. The zero-order valence-corrected chi connectivity index (χ0v) is 9.21. The van der Waals surface area contributed by atoms with Crippen molar-refractivity contribution in [3.63, 3.8) is 0 Å². The minimum absolute atomic E-state index is 0. The van der Waals surface area contributed by atoms with E-state index in [1.54, 1.807) is 0 Å². The van der Waals surface area contributed by atoms with Crippen LogP contribution in [0.2, 0.25) is 0 Å². The van der Waals surface area contributed by atoms with Gasteiger partial charge in [0, 0.05) is 0 Å². The molecule has 14 heavy (non-hydrogen) atoms. The molecule has 0 saturated carbocycles. The van der Waals surface area contributed by atoms with E-state index in [9.17, 15) is 4.79 Å². The number of carbonyl (C=O) groups is 1. The SMILES string of the molecule is O=C(O)C(O)C(O)C(O)C(O)CO.[SeH2]. The first-order valence-electron chi connectivity index (χ1n) is 3.47. The van der Waals surface area contributed by atoms with E-state index in [1.807, 2.05) is 0 Å². The van der Waals surface area contributed by atoms with Gasteiger partial charge in [-0.05, 0) is 0 Å². The Morgan fingerprint density at radius 2 is 1.50 bits per heavy atom. The zero-order chi connectivity index (χ0) is 10.6. The summed E-state index contributed by atoms with van der Waals surface area (Å²) >= 11 is 0. The molecule has 0 aromatic rings. The molecule has 86 valence electrons. The molecule has 0 bridgehead atoms. The maximum atomic E-state index is 10.1. The molecule has 4 unspecified atom stereocenters. The molecule has 0 aliphatic carbocycles. The van der Waals surface area contributed by atoms with E-state index in [2.05, 4.69) is 0 Å². The summed E-state index contributed by atoms with van der Waals surface area (Å²) in [6, 6.07) is 0. The van der Waals surface area contributed by atoms with Crippen LogP contribution in [0.1, 0.15) is 0 Å². The quantitative estimate of drug-likeness (QED) is 0.279. The number of carboxylic acid groups (broad SMARTS) is 1. The van der Waals surface area contributed by atoms with Gasteiger partial charge in [0.2, 0.25) is 0 Å². The second kappa shape index (κ2) is 7.13. The van der Waals surface area contributed by atoms with Crippen LogP contribution in [0.5, 0.6) is 0 Å². The second-order valence-corrected chi connectivity index (χ2v) is 2.51. The van der Waals surface area contributed by atoms with E-state index in [0.29, 0.717) is 0 Å². The van der Waals surface area contributed by atoms with Crippen molar-refractivity contribution in [2.75, 3.05) is 6.61 Å². The topological polar surface area (TPSA) is 138 Å². The molecule has 6 N–H and O–H groups in total. The van der Waals surface area contributed by atoms with Gasteiger partial charge in [-0.3, -0.25) is 0 Å². The van der Waals surface area contributed by atoms with E-state index in [1.165, 1.54) is 0 Å².